The Hall–Kier alpha value is -1.48. The average molecular weight is 629 g/mol. The molecule has 0 N–H and O–H groups in total. The van der Waals surface area contributed by atoms with Gasteiger partial charge in [-0.2, -0.15) is 0 Å². The van der Waals surface area contributed by atoms with E-state index in [0.717, 1.165) is 0 Å². The highest BCUT2D eigenvalue weighted by atomic mass is 35.5. The smallest absolute Gasteiger partial charge is 0.403 e. The molecule has 0 aliphatic rings. The van der Waals surface area contributed by atoms with E-state index in [1.54, 1.807) is 0 Å². The fourth-order valence-electron chi connectivity index (χ4n) is 2.24. The van der Waals surface area contributed by atoms with Crippen molar-refractivity contribution in [1.29, 1.82) is 0 Å². The Labute approximate surface area is 227 Å². The largest absolute Gasteiger partial charge is 0.453 e. The van der Waals surface area contributed by atoms with Crippen LogP contribution in [-0.4, -0.2) is 85.4 Å². The van der Waals surface area contributed by atoms with Crippen molar-refractivity contribution in [3.63, 3.8) is 0 Å². The van der Waals surface area contributed by atoms with Crippen LogP contribution in [0, 0.1) is 10.8 Å². The standard InChI is InChI=1S/C16H16Cl6O13/c17-9(23)30-3-15(4-31-10(18)24,5-32-11(19)25)1-29-2-16(6-33-12(20)26,7-34-13(21)27)8-35-14(22)28/h1-8H2. The maximum atomic E-state index is 11.1. The zero-order chi connectivity index (χ0) is 27.1. The fourth-order valence-corrected chi connectivity index (χ4v) is 2.57. The molecule has 200 valence electrons. The molecule has 19 heteroatoms. The van der Waals surface area contributed by atoms with E-state index < -0.39 is 96.3 Å². The van der Waals surface area contributed by atoms with Gasteiger partial charge in [-0.1, -0.05) is 0 Å². The van der Waals surface area contributed by atoms with Gasteiger partial charge in [-0.05, 0) is 0 Å². The Balaban J connectivity index is 5.86. The molecule has 0 unspecified atom stereocenters. The van der Waals surface area contributed by atoms with Crippen molar-refractivity contribution in [2.24, 2.45) is 10.8 Å². The lowest BCUT2D eigenvalue weighted by molar-refractivity contribution is -0.101. The third kappa shape index (κ3) is 16.8. The van der Waals surface area contributed by atoms with Crippen LogP contribution in [-0.2, 0) is 33.2 Å². The van der Waals surface area contributed by atoms with Crippen molar-refractivity contribution in [3.05, 3.63) is 0 Å². The molecular weight excluding hydrogens is 613 g/mol. The van der Waals surface area contributed by atoms with E-state index in [2.05, 4.69) is 0 Å². The van der Waals surface area contributed by atoms with Gasteiger partial charge in [0.1, 0.15) is 39.6 Å². The van der Waals surface area contributed by atoms with Crippen LogP contribution in [0.5, 0.6) is 0 Å². The Bertz CT molecular complexity index is 624. The Morgan fingerprint density at radius 1 is 0.371 bits per heavy atom. The summed E-state index contributed by atoms with van der Waals surface area (Å²) in [5.41, 5.74) is -10.9. The van der Waals surface area contributed by atoms with Crippen molar-refractivity contribution in [2.45, 2.75) is 0 Å². The second-order valence-corrected chi connectivity index (χ2v) is 8.50. The summed E-state index contributed by atoms with van der Waals surface area (Å²) in [6.45, 7) is -4.93. The first-order chi connectivity index (χ1) is 16.2. The predicted molar refractivity (Wildman–Crippen MR) is 119 cm³/mol. The average Bonchev–Trinajstić information content (AvgIpc) is 2.74. The zero-order valence-corrected chi connectivity index (χ0v) is 21.8. The lowest BCUT2D eigenvalue weighted by Gasteiger charge is -2.34. The van der Waals surface area contributed by atoms with Gasteiger partial charge >= 0.3 is 32.6 Å². The van der Waals surface area contributed by atoms with Crippen LogP contribution in [0.15, 0.2) is 0 Å². The van der Waals surface area contributed by atoms with Crippen LogP contribution in [0.1, 0.15) is 0 Å². The highest BCUT2D eigenvalue weighted by Gasteiger charge is 2.40. The van der Waals surface area contributed by atoms with Gasteiger partial charge in [0, 0.05) is 69.6 Å². The first-order valence-electron chi connectivity index (χ1n) is 8.72. The van der Waals surface area contributed by atoms with Crippen LogP contribution >= 0.6 is 69.6 Å². The topological polar surface area (TPSA) is 167 Å². The van der Waals surface area contributed by atoms with Crippen LogP contribution in [0.4, 0.5) is 28.8 Å². The third-order valence-electron chi connectivity index (χ3n) is 3.77. The molecule has 0 atom stereocenters. The van der Waals surface area contributed by atoms with Gasteiger partial charge < -0.3 is 33.2 Å². The van der Waals surface area contributed by atoms with Gasteiger partial charge in [0.2, 0.25) is 0 Å². The van der Waals surface area contributed by atoms with E-state index in [9.17, 15) is 28.8 Å². The second-order valence-electron chi connectivity index (χ2n) is 6.65. The van der Waals surface area contributed by atoms with Crippen molar-refractivity contribution < 1.29 is 61.9 Å². The van der Waals surface area contributed by atoms with Crippen LogP contribution in [0.2, 0.25) is 0 Å². The van der Waals surface area contributed by atoms with Crippen LogP contribution < -0.4 is 0 Å². The SMILES string of the molecule is O=C(Cl)OCC(COCC(COC(=O)Cl)(COC(=O)Cl)COC(=O)Cl)(COC(=O)Cl)COC(=O)Cl. The van der Waals surface area contributed by atoms with Crippen molar-refractivity contribution in [2.75, 3.05) is 52.9 Å². The van der Waals surface area contributed by atoms with E-state index in [1.807, 2.05) is 0 Å². The summed E-state index contributed by atoms with van der Waals surface area (Å²) in [5, 5.41) is 0. The Kier molecular flexibility index (Phi) is 16.3. The maximum absolute atomic E-state index is 11.1. The number of hydrogen-bond acceptors (Lipinski definition) is 13. The zero-order valence-electron chi connectivity index (χ0n) is 17.2. The molecule has 0 aliphatic carbocycles. The fraction of sp³-hybridized carbons (Fsp3) is 0.625. The van der Waals surface area contributed by atoms with Crippen molar-refractivity contribution in [3.8, 4) is 0 Å². The molecule has 0 aliphatic heterocycles. The van der Waals surface area contributed by atoms with Crippen LogP contribution in [0.25, 0.3) is 0 Å². The number of ether oxygens (including phenoxy) is 7. The van der Waals surface area contributed by atoms with Crippen molar-refractivity contribution in [1.82, 2.24) is 0 Å². The number of rotatable bonds is 16. The van der Waals surface area contributed by atoms with Gasteiger partial charge in [0.25, 0.3) is 0 Å². The highest BCUT2D eigenvalue weighted by molar-refractivity contribution is 6.62. The van der Waals surface area contributed by atoms with E-state index in [-0.39, 0.29) is 0 Å². The summed E-state index contributed by atoms with van der Waals surface area (Å²) < 4.78 is 33.8. The molecule has 0 aromatic heterocycles. The first-order valence-corrected chi connectivity index (χ1v) is 11.0. The summed E-state index contributed by atoms with van der Waals surface area (Å²) >= 11 is 31.1. The molecule has 35 heavy (non-hydrogen) atoms. The second kappa shape index (κ2) is 17.1. The summed E-state index contributed by atoms with van der Waals surface area (Å²) in [6.07, 6.45) is 0. The minimum atomic E-state index is -1.62. The first kappa shape index (κ1) is 33.5. The van der Waals surface area contributed by atoms with Gasteiger partial charge in [0.05, 0.1) is 24.0 Å². The lowest BCUT2D eigenvalue weighted by Crippen LogP contribution is -2.46. The molecule has 0 heterocycles. The van der Waals surface area contributed by atoms with E-state index in [1.165, 1.54) is 0 Å². The van der Waals surface area contributed by atoms with E-state index in [0.29, 0.717) is 0 Å². The molecule has 0 saturated carbocycles. The summed E-state index contributed by atoms with van der Waals surface area (Å²) in [6, 6.07) is 0. The number of hydrogen-bond donors (Lipinski definition) is 0. The molecule has 0 saturated heterocycles. The minimum Gasteiger partial charge on any atom is -0.453 e. The van der Waals surface area contributed by atoms with Gasteiger partial charge in [-0.15, -0.1) is 0 Å². The highest BCUT2D eigenvalue weighted by Crippen LogP contribution is 2.27. The summed E-state index contributed by atoms with van der Waals surface area (Å²) in [7, 11) is 0. The molecule has 0 radical (unpaired) electrons. The molecule has 0 aromatic rings. The molecule has 0 fully saturated rings. The number of carbonyl (C=O) groups is 6. The van der Waals surface area contributed by atoms with E-state index in [4.69, 9.17) is 103 Å². The molecule has 0 spiro atoms. The van der Waals surface area contributed by atoms with Gasteiger partial charge in [-0.25, -0.2) is 28.8 Å². The molecular formula is C16H16Cl6O13. The third-order valence-corrected chi connectivity index (χ3v) is 4.42. The van der Waals surface area contributed by atoms with Crippen LogP contribution in [0.3, 0.4) is 0 Å². The normalized spacial score (nSPS) is 11.1. The molecule has 0 rings (SSSR count). The maximum Gasteiger partial charge on any atom is 0.403 e. The summed E-state index contributed by atoms with van der Waals surface area (Å²) in [4.78, 5) is 66.6. The molecule has 0 aromatic carbocycles. The Morgan fingerprint density at radius 2 is 0.543 bits per heavy atom. The van der Waals surface area contributed by atoms with Crippen molar-refractivity contribution >= 4 is 102 Å². The molecule has 13 nitrogen and oxygen atoms in total. The quantitative estimate of drug-likeness (QED) is 0.161. The number of carbonyl (C=O) groups excluding carboxylic acids is 6. The Morgan fingerprint density at radius 3 is 0.686 bits per heavy atom. The predicted octanol–water partition coefficient (Wildman–Crippen LogP) is 5.23. The number of halogens is 6. The molecule has 0 bridgehead atoms. The van der Waals surface area contributed by atoms with E-state index >= 15 is 0 Å². The minimum absolute atomic E-state index is 0.550. The van der Waals surface area contributed by atoms with Gasteiger partial charge in [-0.3, -0.25) is 0 Å². The monoisotopic (exact) mass is 626 g/mol. The summed E-state index contributed by atoms with van der Waals surface area (Å²) in [5.74, 6) is 0. The van der Waals surface area contributed by atoms with Gasteiger partial charge in [0.15, 0.2) is 0 Å². The lowest BCUT2D eigenvalue weighted by atomic mass is 9.90. The molecule has 0 amide bonds.